The van der Waals surface area contributed by atoms with E-state index in [4.69, 9.17) is 14.2 Å². The molecule has 5 nitrogen and oxygen atoms in total. The van der Waals surface area contributed by atoms with Crippen LogP contribution in [-0.2, 0) is 23.8 Å². The fourth-order valence-corrected chi connectivity index (χ4v) is 7.39. The predicted molar refractivity (Wildman–Crippen MR) is 261 cm³/mol. The first-order chi connectivity index (χ1) is 29.6. The van der Waals surface area contributed by atoms with E-state index in [0.717, 1.165) is 57.8 Å². The molecule has 0 aliphatic rings. The fourth-order valence-electron chi connectivity index (χ4n) is 7.39. The van der Waals surface area contributed by atoms with E-state index in [1.165, 1.54) is 173 Å². The van der Waals surface area contributed by atoms with Crippen LogP contribution < -0.4 is 0 Å². The SMILES string of the molecule is CCCCC/C=C\C/C=C\CCCCCCCCCCCCOCC(COC(=O)CCCCCCCCC/C=C\C/C=C\CCCCC)OC(=O)CCCCCCCCC. The van der Waals surface area contributed by atoms with Crippen LogP contribution in [0.2, 0.25) is 0 Å². The molecular weight excluding hydrogens is 741 g/mol. The van der Waals surface area contributed by atoms with Gasteiger partial charge in [-0.05, 0) is 83.5 Å². The van der Waals surface area contributed by atoms with Gasteiger partial charge in [-0.3, -0.25) is 9.59 Å². The molecule has 0 saturated carbocycles. The Bertz CT molecular complexity index is 997. The second-order valence-corrected chi connectivity index (χ2v) is 17.4. The summed E-state index contributed by atoms with van der Waals surface area (Å²) in [7, 11) is 0. The summed E-state index contributed by atoms with van der Waals surface area (Å²) >= 11 is 0. The molecule has 0 spiro atoms. The maximum atomic E-state index is 12.7. The first kappa shape index (κ1) is 57.9. The largest absolute Gasteiger partial charge is 0.462 e. The van der Waals surface area contributed by atoms with E-state index in [9.17, 15) is 9.59 Å². The number of rotatable bonds is 48. The molecule has 0 rings (SSSR count). The monoisotopic (exact) mass is 841 g/mol. The normalized spacial score (nSPS) is 12.5. The van der Waals surface area contributed by atoms with E-state index in [0.29, 0.717) is 19.4 Å². The van der Waals surface area contributed by atoms with Crippen LogP contribution in [0.15, 0.2) is 48.6 Å². The molecule has 1 unspecified atom stereocenters. The minimum absolute atomic E-state index is 0.0822. The lowest BCUT2D eigenvalue weighted by Gasteiger charge is -2.18. The maximum Gasteiger partial charge on any atom is 0.306 e. The van der Waals surface area contributed by atoms with Crippen molar-refractivity contribution in [3.05, 3.63) is 48.6 Å². The Morgan fingerprint density at radius 3 is 1.13 bits per heavy atom. The van der Waals surface area contributed by atoms with Crippen molar-refractivity contribution in [3.8, 4) is 0 Å². The Morgan fingerprint density at radius 2 is 0.700 bits per heavy atom. The van der Waals surface area contributed by atoms with Crippen LogP contribution in [0, 0.1) is 0 Å². The van der Waals surface area contributed by atoms with Gasteiger partial charge < -0.3 is 14.2 Å². The van der Waals surface area contributed by atoms with Crippen molar-refractivity contribution in [1.82, 2.24) is 0 Å². The zero-order chi connectivity index (χ0) is 43.5. The predicted octanol–water partition coefficient (Wildman–Crippen LogP) is 17.6. The first-order valence-corrected chi connectivity index (χ1v) is 26.2. The zero-order valence-corrected chi connectivity index (χ0v) is 40.2. The molecule has 0 aliphatic heterocycles. The number of hydrogen-bond donors (Lipinski definition) is 0. The van der Waals surface area contributed by atoms with Gasteiger partial charge in [0.2, 0.25) is 0 Å². The van der Waals surface area contributed by atoms with Gasteiger partial charge in [-0.2, -0.15) is 0 Å². The Kier molecular flexibility index (Phi) is 49.4. The number of carbonyl (C=O) groups excluding carboxylic acids is 2. The van der Waals surface area contributed by atoms with Gasteiger partial charge in [-0.1, -0.05) is 217 Å². The van der Waals surface area contributed by atoms with E-state index in [1.807, 2.05) is 0 Å². The lowest BCUT2D eigenvalue weighted by Crippen LogP contribution is -2.30. The Hall–Kier alpha value is -2.14. The maximum absolute atomic E-state index is 12.7. The minimum Gasteiger partial charge on any atom is -0.462 e. The van der Waals surface area contributed by atoms with E-state index >= 15 is 0 Å². The molecule has 0 aromatic carbocycles. The van der Waals surface area contributed by atoms with Crippen LogP contribution in [0.25, 0.3) is 0 Å². The second-order valence-electron chi connectivity index (χ2n) is 17.4. The molecule has 0 bridgehead atoms. The topological polar surface area (TPSA) is 61.8 Å². The quantitative estimate of drug-likeness (QED) is 0.0347. The van der Waals surface area contributed by atoms with Crippen LogP contribution in [0.1, 0.15) is 265 Å². The minimum atomic E-state index is -0.536. The zero-order valence-electron chi connectivity index (χ0n) is 40.2. The molecule has 0 saturated heterocycles. The van der Waals surface area contributed by atoms with Crippen LogP contribution in [0.5, 0.6) is 0 Å². The van der Waals surface area contributed by atoms with Crippen molar-refractivity contribution in [2.45, 2.75) is 271 Å². The average Bonchev–Trinajstić information content (AvgIpc) is 3.25. The lowest BCUT2D eigenvalue weighted by molar-refractivity contribution is -0.163. The van der Waals surface area contributed by atoms with Gasteiger partial charge in [0.15, 0.2) is 6.10 Å². The van der Waals surface area contributed by atoms with Gasteiger partial charge in [0.05, 0.1) is 6.61 Å². The van der Waals surface area contributed by atoms with E-state index in [2.05, 4.69) is 69.4 Å². The second kappa shape index (κ2) is 51.2. The van der Waals surface area contributed by atoms with E-state index < -0.39 is 6.10 Å². The lowest BCUT2D eigenvalue weighted by atomic mass is 10.1. The highest BCUT2D eigenvalue weighted by molar-refractivity contribution is 5.70. The number of ether oxygens (including phenoxy) is 3. The van der Waals surface area contributed by atoms with Gasteiger partial charge in [0.25, 0.3) is 0 Å². The highest BCUT2D eigenvalue weighted by Crippen LogP contribution is 2.14. The standard InChI is InChI=1S/C55H100O5/c1-4-7-10-13-16-18-20-22-24-26-27-28-30-32-34-36-38-41-44-47-50-58-51-53(60-55(57)49-46-43-39-15-12-9-6-3)52-59-54(56)48-45-42-40-37-35-33-31-29-25-23-21-19-17-14-11-8-5-2/h16-19,22-25,53H,4-15,20-21,26-52H2,1-3H3/b18-16-,19-17-,24-22-,25-23-. The molecular formula is C55H100O5. The number of carbonyl (C=O) groups is 2. The molecule has 350 valence electrons. The molecule has 0 amide bonds. The number of esters is 2. The number of allylic oxidation sites excluding steroid dienone is 8. The van der Waals surface area contributed by atoms with Crippen molar-refractivity contribution >= 4 is 11.9 Å². The molecule has 0 radical (unpaired) electrons. The smallest absolute Gasteiger partial charge is 0.306 e. The summed E-state index contributed by atoms with van der Waals surface area (Å²) in [5, 5.41) is 0. The summed E-state index contributed by atoms with van der Waals surface area (Å²) in [6.45, 7) is 7.76. The molecule has 0 aliphatic carbocycles. The van der Waals surface area contributed by atoms with Crippen molar-refractivity contribution in [2.75, 3.05) is 19.8 Å². The highest BCUT2D eigenvalue weighted by atomic mass is 16.6. The van der Waals surface area contributed by atoms with Crippen molar-refractivity contribution in [1.29, 1.82) is 0 Å². The summed E-state index contributed by atoms with van der Waals surface area (Å²) in [5.74, 6) is -0.405. The fraction of sp³-hybridized carbons (Fsp3) is 0.818. The van der Waals surface area contributed by atoms with E-state index in [-0.39, 0.29) is 25.2 Å². The molecule has 0 fully saturated rings. The van der Waals surface area contributed by atoms with E-state index in [1.54, 1.807) is 0 Å². The van der Waals surface area contributed by atoms with Gasteiger partial charge in [0, 0.05) is 19.4 Å². The molecule has 5 heteroatoms. The summed E-state index contributed by atoms with van der Waals surface area (Å²) in [6.07, 6.45) is 62.7. The van der Waals surface area contributed by atoms with Gasteiger partial charge >= 0.3 is 11.9 Å². The first-order valence-electron chi connectivity index (χ1n) is 26.2. The van der Waals surface area contributed by atoms with Crippen molar-refractivity contribution < 1.29 is 23.8 Å². The van der Waals surface area contributed by atoms with Crippen molar-refractivity contribution in [3.63, 3.8) is 0 Å². The molecule has 1 atom stereocenters. The Balaban J connectivity index is 4.09. The molecule has 0 aromatic heterocycles. The summed E-state index contributed by atoms with van der Waals surface area (Å²) < 4.78 is 17.3. The van der Waals surface area contributed by atoms with Crippen LogP contribution in [0.4, 0.5) is 0 Å². The number of unbranched alkanes of at least 4 members (excludes halogenated alkanes) is 29. The number of hydrogen-bond acceptors (Lipinski definition) is 5. The van der Waals surface area contributed by atoms with Gasteiger partial charge in [-0.25, -0.2) is 0 Å². The third-order valence-corrected chi connectivity index (χ3v) is 11.3. The summed E-state index contributed by atoms with van der Waals surface area (Å²) in [5.41, 5.74) is 0. The van der Waals surface area contributed by atoms with Crippen LogP contribution >= 0.6 is 0 Å². The summed E-state index contributed by atoms with van der Waals surface area (Å²) in [4.78, 5) is 25.2. The van der Waals surface area contributed by atoms with Gasteiger partial charge in [-0.15, -0.1) is 0 Å². The third kappa shape index (κ3) is 48.5. The Labute approximate surface area is 373 Å². The molecule has 60 heavy (non-hydrogen) atoms. The molecule has 0 aromatic rings. The Morgan fingerprint density at radius 1 is 0.367 bits per heavy atom. The molecule has 0 heterocycles. The van der Waals surface area contributed by atoms with Crippen LogP contribution in [0.3, 0.4) is 0 Å². The molecule has 0 N–H and O–H groups in total. The van der Waals surface area contributed by atoms with Crippen molar-refractivity contribution in [2.24, 2.45) is 0 Å². The average molecular weight is 841 g/mol. The van der Waals surface area contributed by atoms with Gasteiger partial charge in [0.1, 0.15) is 6.61 Å². The highest BCUT2D eigenvalue weighted by Gasteiger charge is 2.17. The third-order valence-electron chi connectivity index (χ3n) is 11.3. The van der Waals surface area contributed by atoms with Crippen LogP contribution in [-0.4, -0.2) is 37.9 Å². The summed E-state index contributed by atoms with van der Waals surface area (Å²) in [6, 6.07) is 0.